The van der Waals surface area contributed by atoms with Crippen LogP contribution in [0.5, 0.6) is 0 Å². The lowest BCUT2D eigenvalue weighted by molar-refractivity contribution is -0.187. The predicted octanol–water partition coefficient (Wildman–Crippen LogP) is 7.12. The van der Waals surface area contributed by atoms with E-state index in [0.717, 1.165) is 37.9 Å². The molecular weight excluding hydrogens is 397 g/mol. The summed E-state index contributed by atoms with van der Waals surface area (Å²) in [7, 11) is 2.12. The van der Waals surface area contributed by atoms with Crippen molar-refractivity contribution < 1.29 is 13.2 Å². The van der Waals surface area contributed by atoms with Crippen LogP contribution in [-0.4, -0.2) is 24.7 Å². The number of hydrogen-bond donors (Lipinski definition) is 0. The van der Waals surface area contributed by atoms with Gasteiger partial charge in [0.05, 0.1) is 12.0 Å². The Kier molecular flexibility index (Phi) is 10.1. The van der Waals surface area contributed by atoms with Gasteiger partial charge in [0.25, 0.3) is 0 Å². The highest BCUT2D eigenvalue weighted by Gasteiger charge is 2.45. The Morgan fingerprint density at radius 2 is 1.58 bits per heavy atom. The van der Waals surface area contributed by atoms with Gasteiger partial charge in [0.15, 0.2) is 0 Å². The van der Waals surface area contributed by atoms with Gasteiger partial charge in [-0.1, -0.05) is 67.4 Å². The van der Waals surface area contributed by atoms with Crippen molar-refractivity contribution in [1.29, 1.82) is 5.26 Å². The molecule has 2 nitrogen and oxygen atoms in total. The number of alkyl halides is 3. The first-order valence-electron chi connectivity index (χ1n) is 11.0. The summed E-state index contributed by atoms with van der Waals surface area (Å²) in [6, 6.07) is 20.1. The van der Waals surface area contributed by atoms with Gasteiger partial charge in [-0.3, -0.25) is 0 Å². The third-order valence-corrected chi connectivity index (χ3v) is 5.89. The smallest absolute Gasteiger partial charge is 0.302 e. The van der Waals surface area contributed by atoms with E-state index in [1.165, 1.54) is 18.1 Å². The molecule has 2 aromatic rings. The van der Waals surface area contributed by atoms with E-state index in [1.807, 2.05) is 30.3 Å². The van der Waals surface area contributed by atoms with Crippen molar-refractivity contribution in [1.82, 2.24) is 4.90 Å². The molecule has 0 bridgehead atoms. The maximum absolute atomic E-state index is 13.4. The molecule has 0 saturated heterocycles. The number of nitrogens with zero attached hydrogens (tertiary/aromatic N) is 2. The van der Waals surface area contributed by atoms with Gasteiger partial charge in [0, 0.05) is 13.5 Å². The fraction of sp³-hybridized carbons (Fsp3) is 0.500. The monoisotopic (exact) mass is 430 g/mol. The zero-order chi connectivity index (χ0) is 22.7. The summed E-state index contributed by atoms with van der Waals surface area (Å²) in [6.07, 6.45) is 0.399. The molecule has 0 spiro atoms. The van der Waals surface area contributed by atoms with Crippen LogP contribution in [0.4, 0.5) is 13.2 Å². The Bertz CT molecular complexity index is 794. The van der Waals surface area contributed by atoms with Gasteiger partial charge < -0.3 is 4.90 Å². The van der Waals surface area contributed by atoms with Crippen molar-refractivity contribution in [3.8, 4) is 6.07 Å². The van der Waals surface area contributed by atoms with E-state index in [4.69, 9.17) is 5.26 Å². The minimum absolute atomic E-state index is 0.268. The van der Waals surface area contributed by atoms with E-state index in [2.05, 4.69) is 36.2 Å². The molecule has 1 saturated carbocycles. The first-order valence-corrected chi connectivity index (χ1v) is 11.0. The lowest BCUT2D eigenvalue weighted by Gasteiger charge is -2.33. The molecule has 1 fully saturated rings. The predicted molar refractivity (Wildman–Crippen MR) is 120 cm³/mol. The highest BCUT2D eigenvalue weighted by Crippen LogP contribution is 2.46. The maximum atomic E-state index is 13.4. The SMILES string of the molecule is CC#N.CN(CCCc1ccc(C2CCCCC2C(F)(F)F)cc1)Cc1ccccc1. The molecular formula is C26H33F3N2. The zero-order valence-corrected chi connectivity index (χ0v) is 18.5. The quantitative estimate of drug-likeness (QED) is 0.468. The molecule has 2 atom stereocenters. The fourth-order valence-corrected chi connectivity index (χ4v) is 4.38. The normalized spacial score (nSPS) is 18.7. The van der Waals surface area contributed by atoms with Crippen LogP contribution in [0.1, 0.15) is 61.6 Å². The van der Waals surface area contributed by atoms with Crippen LogP contribution in [-0.2, 0) is 13.0 Å². The third-order valence-electron chi connectivity index (χ3n) is 5.89. The van der Waals surface area contributed by atoms with Crippen LogP contribution in [0, 0.1) is 17.2 Å². The summed E-state index contributed by atoms with van der Waals surface area (Å²) in [4.78, 5) is 2.31. The average molecular weight is 431 g/mol. The summed E-state index contributed by atoms with van der Waals surface area (Å²) in [5.41, 5.74) is 3.37. The molecule has 2 aromatic carbocycles. The molecule has 168 valence electrons. The molecule has 1 aliphatic carbocycles. The number of rotatable bonds is 7. The van der Waals surface area contributed by atoms with Crippen LogP contribution in [0.3, 0.4) is 0 Å². The summed E-state index contributed by atoms with van der Waals surface area (Å²) < 4.78 is 40.1. The average Bonchev–Trinajstić information content (AvgIpc) is 2.75. The number of halogens is 3. The van der Waals surface area contributed by atoms with E-state index in [9.17, 15) is 13.2 Å². The van der Waals surface area contributed by atoms with E-state index in [1.54, 1.807) is 6.07 Å². The van der Waals surface area contributed by atoms with Crippen LogP contribution in [0.25, 0.3) is 0 Å². The third kappa shape index (κ3) is 8.38. The molecule has 0 aliphatic heterocycles. The van der Waals surface area contributed by atoms with Gasteiger partial charge in [-0.15, -0.1) is 0 Å². The minimum atomic E-state index is -4.09. The van der Waals surface area contributed by atoms with Gasteiger partial charge >= 0.3 is 6.18 Å². The van der Waals surface area contributed by atoms with Crippen LogP contribution in [0.2, 0.25) is 0 Å². The molecule has 31 heavy (non-hydrogen) atoms. The Hall–Kier alpha value is -2.32. The van der Waals surface area contributed by atoms with Gasteiger partial charge in [0.1, 0.15) is 0 Å². The summed E-state index contributed by atoms with van der Waals surface area (Å²) >= 11 is 0. The second kappa shape index (κ2) is 12.5. The van der Waals surface area contributed by atoms with Crippen LogP contribution < -0.4 is 0 Å². The fourth-order valence-electron chi connectivity index (χ4n) is 4.38. The molecule has 0 heterocycles. The van der Waals surface area contributed by atoms with Gasteiger partial charge in [-0.2, -0.15) is 18.4 Å². The number of aryl methyl sites for hydroxylation is 1. The van der Waals surface area contributed by atoms with E-state index in [-0.39, 0.29) is 12.3 Å². The van der Waals surface area contributed by atoms with E-state index < -0.39 is 12.1 Å². The molecule has 0 N–H and O–H groups in total. The number of hydrogen-bond acceptors (Lipinski definition) is 2. The lowest BCUT2D eigenvalue weighted by atomic mass is 9.75. The summed E-state index contributed by atoms with van der Waals surface area (Å²) in [5.74, 6) is -1.56. The van der Waals surface area contributed by atoms with Crippen molar-refractivity contribution in [2.45, 2.75) is 64.1 Å². The first-order chi connectivity index (χ1) is 14.8. The topological polar surface area (TPSA) is 27.0 Å². The largest absolute Gasteiger partial charge is 0.392 e. The van der Waals surface area contributed by atoms with Crippen LogP contribution in [0.15, 0.2) is 54.6 Å². The van der Waals surface area contributed by atoms with Crippen molar-refractivity contribution in [3.63, 3.8) is 0 Å². The van der Waals surface area contributed by atoms with Crippen molar-refractivity contribution in [2.24, 2.45) is 5.92 Å². The standard InChI is InChI=1S/C24H30F3N.C2H3N/c1-28(18-20-8-3-2-4-9-20)17-7-10-19-13-15-21(16-14-19)22-11-5-6-12-23(22)24(25,26)27;1-2-3/h2-4,8-9,13-16,22-23H,5-7,10-12,17-18H2,1H3;1H3. The van der Waals surface area contributed by atoms with E-state index >= 15 is 0 Å². The summed E-state index contributed by atoms with van der Waals surface area (Å²) in [6.45, 7) is 3.36. The van der Waals surface area contributed by atoms with Crippen LogP contribution >= 0.6 is 0 Å². The Morgan fingerprint density at radius 1 is 0.968 bits per heavy atom. The molecule has 0 aromatic heterocycles. The van der Waals surface area contributed by atoms with Crippen molar-refractivity contribution >= 4 is 0 Å². The minimum Gasteiger partial charge on any atom is -0.302 e. The molecule has 1 aliphatic rings. The molecule has 0 radical (unpaired) electrons. The molecule has 2 unspecified atom stereocenters. The second-order valence-electron chi connectivity index (χ2n) is 8.33. The summed E-state index contributed by atoms with van der Waals surface area (Å²) in [5, 5.41) is 7.32. The highest BCUT2D eigenvalue weighted by atomic mass is 19.4. The number of benzene rings is 2. The van der Waals surface area contributed by atoms with Gasteiger partial charge in [-0.05, 0) is 61.9 Å². The first kappa shape index (κ1) is 24.9. The number of nitriles is 1. The molecule has 0 amide bonds. The van der Waals surface area contributed by atoms with Gasteiger partial charge in [-0.25, -0.2) is 0 Å². The highest BCUT2D eigenvalue weighted by molar-refractivity contribution is 5.27. The molecule has 3 rings (SSSR count). The van der Waals surface area contributed by atoms with E-state index in [0.29, 0.717) is 12.8 Å². The Labute approximate surface area is 184 Å². The maximum Gasteiger partial charge on any atom is 0.392 e. The van der Waals surface area contributed by atoms with Gasteiger partial charge in [0.2, 0.25) is 0 Å². The lowest BCUT2D eigenvalue weighted by Crippen LogP contribution is -2.31. The zero-order valence-electron chi connectivity index (χ0n) is 18.5. The van der Waals surface area contributed by atoms with Crippen molar-refractivity contribution in [3.05, 3.63) is 71.3 Å². The Morgan fingerprint density at radius 3 is 2.19 bits per heavy atom. The molecule has 5 heteroatoms. The second-order valence-corrected chi connectivity index (χ2v) is 8.33. The Balaban J connectivity index is 0.00000107. The van der Waals surface area contributed by atoms with Crippen molar-refractivity contribution in [2.75, 3.05) is 13.6 Å².